The van der Waals surface area contributed by atoms with E-state index in [1.165, 1.54) is 13.0 Å². The van der Waals surface area contributed by atoms with Gasteiger partial charge >= 0.3 is 5.97 Å². The predicted molar refractivity (Wildman–Crippen MR) is 56.6 cm³/mol. The lowest BCUT2D eigenvalue weighted by atomic mass is 10.1. The summed E-state index contributed by atoms with van der Waals surface area (Å²) in [5.74, 6) is -1.76. The quantitative estimate of drug-likeness (QED) is 0.361. The number of nitrogens with one attached hydrogen (secondary N) is 2. The zero-order valence-electron chi connectivity index (χ0n) is 9.01. The van der Waals surface area contributed by atoms with Crippen LogP contribution in [0, 0.1) is 11.3 Å². The van der Waals surface area contributed by atoms with Gasteiger partial charge in [0.25, 0.3) is 0 Å². The van der Waals surface area contributed by atoms with Gasteiger partial charge in [0, 0.05) is 13.0 Å². The lowest BCUT2D eigenvalue weighted by molar-refractivity contribution is -0.141. The minimum Gasteiger partial charge on any atom is -0.481 e. The van der Waals surface area contributed by atoms with Gasteiger partial charge in [-0.2, -0.15) is 0 Å². The zero-order valence-corrected chi connectivity index (χ0v) is 9.01. The van der Waals surface area contributed by atoms with Crippen LogP contribution in [0.1, 0.15) is 26.7 Å². The van der Waals surface area contributed by atoms with Gasteiger partial charge in [-0.15, -0.1) is 0 Å². The van der Waals surface area contributed by atoms with Crippen molar-refractivity contribution in [2.24, 2.45) is 5.92 Å². The molecule has 0 rings (SSSR count). The first kappa shape index (κ1) is 13.6. The van der Waals surface area contributed by atoms with Crippen LogP contribution in [-0.2, 0) is 4.79 Å². The van der Waals surface area contributed by atoms with Gasteiger partial charge in [0.15, 0.2) is 0 Å². The highest BCUT2D eigenvalue weighted by Crippen LogP contribution is 2.13. The van der Waals surface area contributed by atoms with Gasteiger partial charge in [-0.25, -0.2) is 4.39 Å². The fourth-order valence-corrected chi connectivity index (χ4v) is 0.952. The molecule has 1 atom stereocenters. The molecule has 15 heavy (non-hydrogen) atoms. The molecule has 0 bridgehead atoms. The molecule has 0 spiro atoms. The van der Waals surface area contributed by atoms with Crippen LogP contribution in [0.4, 0.5) is 4.39 Å². The van der Waals surface area contributed by atoms with E-state index in [-0.39, 0.29) is 6.42 Å². The van der Waals surface area contributed by atoms with Gasteiger partial charge in [0.1, 0.15) is 0 Å². The van der Waals surface area contributed by atoms with Gasteiger partial charge in [-0.1, -0.05) is 13.0 Å². The van der Waals surface area contributed by atoms with Crippen LogP contribution in [0.5, 0.6) is 0 Å². The third kappa shape index (κ3) is 7.66. The number of carboxylic acid groups (broad SMARTS) is 1. The van der Waals surface area contributed by atoms with Crippen LogP contribution < -0.4 is 5.32 Å². The molecule has 0 aromatic heterocycles. The maximum Gasteiger partial charge on any atom is 0.306 e. The monoisotopic (exact) mass is 216 g/mol. The number of rotatable bonds is 6. The van der Waals surface area contributed by atoms with E-state index in [4.69, 9.17) is 10.5 Å². The fraction of sp³-hybridized carbons (Fsp3) is 0.600. The Bertz CT molecular complexity index is 264. The van der Waals surface area contributed by atoms with E-state index in [1.54, 1.807) is 6.92 Å². The first-order valence-corrected chi connectivity index (χ1v) is 4.80. The minimum atomic E-state index is -0.994. The van der Waals surface area contributed by atoms with Crippen molar-refractivity contribution in [3.63, 3.8) is 0 Å². The average Bonchev–Trinajstić information content (AvgIpc) is 2.12. The molecule has 0 fully saturated rings. The van der Waals surface area contributed by atoms with Crippen LogP contribution in [0.3, 0.4) is 0 Å². The topological polar surface area (TPSA) is 73.2 Å². The summed E-state index contributed by atoms with van der Waals surface area (Å²) >= 11 is 0. The fourth-order valence-electron chi connectivity index (χ4n) is 0.952. The summed E-state index contributed by atoms with van der Waals surface area (Å²) in [6, 6.07) is 0. The molecule has 0 aliphatic carbocycles. The summed E-state index contributed by atoms with van der Waals surface area (Å²) in [4.78, 5) is 10.4. The minimum absolute atomic E-state index is 0.0705. The van der Waals surface area contributed by atoms with E-state index in [1.807, 2.05) is 0 Å². The number of carboxylic acids is 1. The molecule has 3 N–H and O–H groups in total. The van der Waals surface area contributed by atoms with Gasteiger partial charge in [-0.3, -0.25) is 10.2 Å². The highest BCUT2D eigenvalue weighted by molar-refractivity contribution is 5.75. The predicted octanol–water partition coefficient (Wildman–Crippen LogP) is 1.93. The van der Waals surface area contributed by atoms with E-state index in [0.29, 0.717) is 18.8 Å². The number of carbonyl (C=O) groups is 1. The van der Waals surface area contributed by atoms with Crippen LogP contribution in [0.15, 0.2) is 11.9 Å². The van der Waals surface area contributed by atoms with Crippen LogP contribution in [-0.4, -0.2) is 23.5 Å². The molecule has 0 aromatic rings. The van der Waals surface area contributed by atoms with E-state index in [2.05, 4.69) is 5.32 Å². The largest absolute Gasteiger partial charge is 0.481 e. The summed E-state index contributed by atoms with van der Waals surface area (Å²) in [6.07, 6.45) is 1.74. The molecule has 0 aliphatic heterocycles. The molecular weight excluding hydrogens is 199 g/mol. The van der Waals surface area contributed by atoms with Crippen molar-refractivity contribution in [2.45, 2.75) is 26.7 Å². The lowest BCUT2D eigenvalue weighted by Gasteiger charge is -2.04. The standard InChI is InChI=1S/C10H17FN2O2/c1-7(10(14)15)6-9(11)4-3-5-13-8(2)12/h4,7H,3,5-6H2,1-2H3,(H2,12,13)(H,14,15). The number of hydrogen-bond donors (Lipinski definition) is 3. The number of hydrogen-bond acceptors (Lipinski definition) is 2. The number of aliphatic carboxylic acids is 1. The Morgan fingerprint density at radius 3 is 2.73 bits per heavy atom. The Balaban J connectivity index is 3.79. The molecule has 0 radical (unpaired) electrons. The third-order valence-electron chi connectivity index (χ3n) is 1.82. The SMILES string of the molecule is CC(=N)NCCC=C(F)CC(C)C(=O)O. The maximum absolute atomic E-state index is 13.1. The molecule has 0 saturated heterocycles. The van der Waals surface area contributed by atoms with Crippen molar-refractivity contribution in [3.05, 3.63) is 11.9 Å². The maximum atomic E-state index is 13.1. The normalized spacial score (nSPS) is 13.4. The summed E-state index contributed by atoms with van der Waals surface area (Å²) in [7, 11) is 0. The van der Waals surface area contributed by atoms with E-state index in [0.717, 1.165) is 0 Å². The zero-order chi connectivity index (χ0) is 11.8. The first-order chi connectivity index (χ1) is 6.93. The van der Waals surface area contributed by atoms with E-state index in [9.17, 15) is 9.18 Å². The van der Waals surface area contributed by atoms with E-state index >= 15 is 0 Å². The van der Waals surface area contributed by atoms with Crippen molar-refractivity contribution in [3.8, 4) is 0 Å². The van der Waals surface area contributed by atoms with Crippen molar-refractivity contribution in [2.75, 3.05) is 6.54 Å². The second-order valence-electron chi connectivity index (χ2n) is 3.43. The highest BCUT2D eigenvalue weighted by Gasteiger charge is 2.12. The molecule has 5 heteroatoms. The average molecular weight is 216 g/mol. The molecule has 86 valence electrons. The van der Waals surface area contributed by atoms with Gasteiger partial charge in [0.2, 0.25) is 0 Å². The second-order valence-corrected chi connectivity index (χ2v) is 3.43. The van der Waals surface area contributed by atoms with Gasteiger partial charge < -0.3 is 10.4 Å². The molecule has 0 aromatic carbocycles. The summed E-state index contributed by atoms with van der Waals surface area (Å²) < 4.78 is 13.1. The summed E-state index contributed by atoms with van der Waals surface area (Å²) in [5, 5.41) is 18.3. The Hall–Kier alpha value is -1.39. The molecule has 4 nitrogen and oxygen atoms in total. The molecule has 0 saturated carbocycles. The van der Waals surface area contributed by atoms with Crippen LogP contribution >= 0.6 is 0 Å². The van der Waals surface area contributed by atoms with Crippen molar-refractivity contribution >= 4 is 11.8 Å². The summed E-state index contributed by atoms with van der Waals surface area (Å²) in [5.41, 5.74) is 0. The van der Waals surface area contributed by atoms with Crippen molar-refractivity contribution in [1.29, 1.82) is 5.41 Å². The Kier molecular flexibility index (Phi) is 6.33. The van der Waals surface area contributed by atoms with Gasteiger partial charge in [0.05, 0.1) is 17.6 Å². The lowest BCUT2D eigenvalue weighted by Crippen LogP contribution is -2.19. The number of halogens is 1. The summed E-state index contributed by atoms with van der Waals surface area (Å²) in [6.45, 7) is 3.56. The second kappa shape index (κ2) is 6.98. The van der Waals surface area contributed by atoms with Crippen LogP contribution in [0.25, 0.3) is 0 Å². The van der Waals surface area contributed by atoms with Crippen LogP contribution in [0.2, 0.25) is 0 Å². The Morgan fingerprint density at radius 2 is 2.27 bits per heavy atom. The highest BCUT2D eigenvalue weighted by atomic mass is 19.1. The van der Waals surface area contributed by atoms with E-state index < -0.39 is 17.7 Å². The third-order valence-corrected chi connectivity index (χ3v) is 1.82. The molecule has 1 unspecified atom stereocenters. The smallest absolute Gasteiger partial charge is 0.306 e. The van der Waals surface area contributed by atoms with Crippen molar-refractivity contribution in [1.82, 2.24) is 5.32 Å². The Morgan fingerprint density at radius 1 is 1.67 bits per heavy atom. The first-order valence-electron chi connectivity index (χ1n) is 4.80. The molecule has 0 amide bonds. The number of allylic oxidation sites excluding steroid dienone is 1. The Labute approximate surface area is 88.7 Å². The molecule has 0 heterocycles. The molecule has 0 aliphatic rings. The van der Waals surface area contributed by atoms with Gasteiger partial charge in [-0.05, 0) is 13.3 Å². The van der Waals surface area contributed by atoms with Crippen molar-refractivity contribution < 1.29 is 14.3 Å². The number of amidine groups is 1. The molecular formula is C10H17FN2O2.